The van der Waals surface area contributed by atoms with E-state index in [-0.39, 0.29) is 5.78 Å². The predicted octanol–water partition coefficient (Wildman–Crippen LogP) is 1.66. The molecule has 1 atom stereocenters. The maximum Gasteiger partial charge on any atom is 0.170 e. The Balaban J connectivity index is 2.12. The molecule has 0 aromatic rings. The predicted molar refractivity (Wildman–Crippen MR) is 41.0 cm³/mol. The number of allylic oxidation sites excluding steroid dienone is 2. The summed E-state index contributed by atoms with van der Waals surface area (Å²) < 4.78 is 5.31. The van der Waals surface area contributed by atoms with Gasteiger partial charge in [-0.25, -0.2) is 0 Å². The van der Waals surface area contributed by atoms with Crippen LogP contribution < -0.4 is 0 Å². The van der Waals surface area contributed by atoms with Gasteiger partial charge in [-0.15, -0.1) is 0 Å². The molecule has 1 unspecified atom stereocenters. The molecule has 60 valence electrons. The average Bonchev–Trinajstić information content (AvgIpc) is 2.04. The monoisotopic (exact) mass is 152 g/mol. The molecule has 1 saturated heterocycles. The van der Waals surface area contributed by atoms with Gasteiger partial charge in [0.25, 0.3) is 0 Å². The zero-order valence-electron chi connectivity index (χ0n) is 6.51. The van der Waals surface area contributed by atoms with Crippen molar-refractivity contribution in [2.75, 3.05) is 6.61 Å². The highest BCUT2D eigenvalue weighted by Gasteiger charge is 2.26. The highest BCUT2D eigenvalue weighted by atomic mass is 16.5. The van der Waals surface area contributed by atoms with Gasteiger partial charge in [0.2, 0.25) is 0 Å². The fraction of sp³-hybridized carbons (Fsp3) is 0.667. The van der Waals surface area contributed by atoms with Crippen molar-refractivity contribution in [1.82, 2.24) is 0 Å². The van der Waals surface area contributed by atoms with Gasteiger partial charge in [-0.3, -0.25) is 4.79 Å². The minimum atomic E-state index is 0.258. The molecule has 2 heteroatoms. The normalized spacial score (nSPS) is 30.4. The van der Waals surface area contributed by atoms with Gasteiger partial charge in [0.15, 0.2) is 5.78 Å². The van der Waals surface area contributed by atoms with Crippen LogP contribution in [0.25, 0.3) is 0 Å². The lowest BCUT2D eigenvalue weighted by molar-refractivity contribution is -0.126. The molecular weight excluding hydrogens is 140 g/mol. The van der Waals surface area contributed by atoms with Gasteiger partial charge in [-0.2, -0.15) is 0 Å². The van der Waals surface area contributed by atoms with Crippen LogP contribution in [0.4, 0.5) is 0 Å². The van der Waals surface area contributed by atoms with Crippen LogP contribution >= 0.6 is 0 Å². The number of rotatable bonds is 0. The van der Waals surface area contributed by atoms with Crippen LogP contribution in [0.15, 0.2) is 11.8 Å². The first-order valence-electron chi connectivity index (χ1n) is 4.21. The van der Waals surface area contributed by atoms with Crippen LogP contribution in [-0.4, -0.2) is 12.4 Å². The number of Topliss-reactive ketones (excluding diaryl/α,β-unsaturated/α-hetero) is 1. The molecule has 1 aliphatic heterocycles. The summed E-state index contributed by atoms with van der Waals surface area (Å²) in [4.78, 5) is 11.0. The highest BCUT2D eigenvalue weighted by molar-refractivity contribution is 5.81. The first kappa shape index (κ1) is 6.89. The Morgan fingerprint density at radius 3 is 3.36 bits per heavy atom. The molecule has 1 aliphatic carbocycles. The molecule has 2 aliphatic rings. The van der Waals surface area contributed by atoms with Crippen molar-refractivity contribution < 1.29 is 9.53 Å². The average molecular weight is 152 g/mol. The molecule has 1 fully saturated rings. The molecular formula is C9H12O2. The van der Waals surface area contributed by atoms with E-state index < -0.39 is 0 Å². The Kier molecular flexibility index (Phi) is 1.68. The third-order valence-corrected chi connectivity index (χ3v) is 2.38. The summed E-state index contributed by atoms with van der Waals surface area (Å²) in [5, 5.41) is 0. The van der Waals surface area contributed by atoms with Crippen molar-refractivity contribution in [3.63, 3.8) is 0 Å². The van der Waals surface area contributed by atoms with Crippen LogP contribution in [0.2, 0.25) is 0 Å². The lowest BCUT2D eigenvalue weighted by Gasteiger charge is -2.27. The molecule has 2 nitrogen and oxygen atoms in total. The third kappa shape index (κ3) is 1.30. The van der Waals surface area contributed by atoms with Crippen molar-refractivity contribution >= 4 is 5.78 Å². The summed E-state index contributed by atoms with van der Waals surface area (Å²) in [6, 6.07) is 0. The SMILES string of the molecule is O=C1COC2=CCCCC2C1. The van der Waals surface area contributed by atoms with Crippen LogP contribution in [0, 0.1) is 5.92 Å². The number of carbonyl (C=O) groups is 1. The molecule has 0 radical (unpaired) electrons. The standard InChI is InChI=1S/C9H12O2/c10-8-5-7-3-1-2-4-9(7)11-6-8/h4,7H,1-3,5-6H2. The number of fused-ring (bicyclic) bond motifs is 1. The van der Waals surface area contributed by atoms with Gasteiger partial charge in [0, 0.05) is 12.3 Å². The lowest BCUT2D eigenvalue weighted by atomic mass is 9.88. The van der Waals surface area contributed by atoms with E-state index >= 15 is 0 Å². The second-order valence-electron chi connectivity index (χ2n) is 3.27. The van der Waals surface area contributed by atoms with Crippen LogP contribution in [0.1, 0.15) is 25.7 Å². The largest absolute Gasteiger partial charge is 0.490 e. The summed E-state index contributed by atoms with van der Waals surface area (Å²) >= 11 is 0. The Morgan fingerprint density at radius 1 is 1.55 bits per heavy atom. The van der Waals surface area contributed by atoms with Crippen molar-refractivity contribution in [2.24, 2.45) is 5.92 Å². The van der Waals surface area contributed by atoms with Crippen molar-refractivity contribution in [1.29, 1.82) is 0 Å². The quantitative estimate of drug-likeness (QED) is 0.527. The molecule has 0 spiro atoms. The van der Waals surface area contributed by atoms with Gasteiger partial charge in [-0.05, 0) is 25.3 Å². The first-order valence-corrected chi connectivity index (χ1v) is 4.21. The van der Waals surface area contributed by atoms with Gasteiger partial charge >= 0.3 is 0 Å². The molecule has 0 amide bonds. The molecule has 0 saturated carbocycles. The second-order valence-corrected chi connectivity index (χ2v) is 3.27. The van der Waals surface area contributed by atoms with E-state index in [9.17, 15) is 4.79 Å². The van der Waals surface area contributed by atoms with Crippen molar-refractivity contribution in [3.8, 4) is 0 Å². The van der Waals surface area contributed by atoms with E-state index in [1.54, 1.807) is 0 Å². The van der Waals surface area contributed by atoms with Gasteiger partial charge in [0.1, 0.15) is 6.61 Å². The summed E-state index contributed by atoms with van der Waals surface area (Å²) in [6.07, 6.45) is 6.33. The fourth-order valence-corrected chi connectivity index (χ4v) is 1.79. The Morgan fingerprint density at radius 2 is 2.45 bits per heavy atom. The van der Waals surface area contributed by atoms with Crippen LogP contribution in [0.3, 0.4) is 0 Å². The van der Waals surface area contributed by atoms with Crippen LogP contribution in [0.5, 0.6) is 0 Å². The molecule has 0 aromatic carbocycles. The second kappa shape index (κ2) is 2.68. The summed E-state index contributed by atoms with van der Waals surface area (Å²) in [7, 11) is 0. The first-order chi connectivity index (χ1) is 5.36. The smallest absolute Gasteiger partial charge is 0.170 e. The molecule has 0 N–H and O–H groups in total. The molecule has 0 bridgehead atoms. The zero-order valence-corrected chi connectivity index (χ0v) is 6.51. The maximum absolute atomic E-state index is 11.0. The Labute approximate surface area is 66.2 Å². The Bertz CT molecular complexity index is 206. The zero-order chi connectivity index (χ0) is 7.68. The van der Waals surface area contributed by atoms with E-state index in [1.807, 2.05) is 0 Å². The third-order valence-electron chi connectivity index (χ3n) is 2.38. The number of ether oxygens (including phenoxy) is 1. The van der Waals surface area contributed by atoms with Gasteiger partial charge in [0.05, 0.1) is 5.76 Å². The highest BCUT2D eigenvalue weighted by Crippen LogP contribution is 2.31. The molecule has 0 aromatic heterocycles. The van der Waals surface area contributed by atoms with Crippen molar-refractivity contribution in [3.05, 3.63) is 11.8 Å². The van der Waals surface area contributed by atoms with E-state index in [2.05, 4.69) is 6.08 Å². The summed E-state index contributed by atoms with van der Waals surface area (Å²) in [6.45, 7) is 0.308. The molecule has 11 heavy (non-hydrogen) atoms. The van der Waals surface area contributed by atoms with E-state index in [0.717, 1.165) is 18.6 Å². The van der Waals surface area contributed by atoms with Gasteiger partial charge in [-0.1, -0.05) is 0 Å². The topological polar surface area (TPSA) is 26.3 Å². The maximum atomic E-state index is 11.0. The summed E-state index contributed by atoms with van der Waals surface area (Å²) in [5.74, 6) is 1.76. The summed E-state index contributed by atoms with van der Waals surface area (Å²) in [5.41, 5.74) is 0. The lowest BCUT2D eigenvalue weighted by Crippen LogP contribution is -2.25. The van der Waals surface area contributed by atoms with Crippen molar-refractivity contribution in [2.45, 2.75) is 25.7 Å². The van der Waals surface area contributed by atoms with E-state index in [1.165, 1.54) is 6.42 Å². The van der Waals surface area contributed by atoms with Crippen LogP contribution in [-0.2, 0) is 9.53 Å². The van der Waals surface area contributed by atoms with E-state index in [4.69, 9.17) is 4.74 Å². The Hall–Kier alpha value is -0.790. The van der Waals surface area contributed by atoms with Gasteiger partial charge < -0.3 is 4.74 Å². The number of hydrogen-bond acceptors (Lipinski definition) is 2. The minimum absolute atomic E-state index is 0.258. The fourth-order valence-electron chi connectivity index (χ4n) is 1.79. The number of carbonyl (C=O) groups excluding carboxylic acids is 1. The molecule has 1 heterocycles. The minimum Gasteiger partial charge on any atom is -0.490 e. The number of hydrogen-bond donors (Lipinski definition) is 0. The van der Waals surface area contributed by atoms with E-state index in [0.29, 0.717) is 18.9 Å². The number of ketones is 1. The molecule has 2 rings (SSSR count).